The number of carbonyl (C=O) groups excluding carboxylic acids is 3. The minimum atomic E-state index is -0.381. The van der Waals surface area contributed by atoms with E-state index in [0.717, 1.165) is 26.4 Å². The van der Waals surface area contributed by atoms with Crippen LogP contribution in [0.3, 0.4) is 0 Å². The number of H-pyrrole nitrogens is 1. The summed E-state index contributed by atoms with van der Waals surface area (Å²) in [6.07, 6.45) is 0.837. The maximum Gasteiger partial charge on any atom is 0.305 e. The normalized spacial score (nSPS) is 34.6. The molecule has 0 spiro atoms. The van der Waals surface area contributed by atoms with Crippen molar-refractivity contribution in [3.63, 3.8) is 0 Å². The molecule has 7 rings (SSSR count). The smallest absolute Gasteiger partial charge is 0.305 e. The molecule has 5 aliphatic rings. The molecular formula is C25H24BrN3O5S2. The zero-order chi connectivity index (χ0) is 24.7. The lowest BCUT2D eigenvalue weighted by Crippen LogP contribution is -2.47. The van der Waals surface area contributed by atoms with E-state index >= 15 is 0 Å². The van der Waals surface area contributed by atoms with Gasteiger partial charge >= 0.3 is 4.87 Å². The number of fused-ring (bicyclic) bond motifs is 9. The molecule has 8 nitrogen and oxygen atoms in total. The van der Waals surface area contributed by atoms with Crippen molar-refractivity contribution in [2.24, 2.45) is 29.6 Å². The lowest BCUT2D eigenvalue weighted by Gasteiger charge is -2.43. The van der Waals surface area contributed by atoms with Crippen LogP contribution in [0, 0.1) is 29.6 Å². The van der Waals surface area contributed by atoms with Crippen LogP contribution in [0.2, 0.25) is 0 Å². The number of benzene rings is 1. The summed E-state index contributed by atoms with van der Waals surface area (Å²) in [5, 5.41) is 1.04. The first-order valence-corrected chi connectivity index (χ1v) is 14.8. The second-order valence-electron chi connectivity index (χ2n) is 10.3. The summed E-state index contributed by atoms with van der Waals surface area (Å²) < 4.78 is 6.30. The van der Waals surface area contributed by atoms with Crippen LogP contribution in [0.4, 0.5) is 0 Å². The van der Waals surface area contributed by atoms with Crippen molar-refractivity contribution in [2.75, 3.05) is 32.8 Å². The number of imide groups is 1. The maximum absolute atomic E-state index is 13.7. The molecule has 7 atom stereocenters. The van der Waals surface area contributed by atoms with Crippen molar-refractivity contribution in [1.29, 1.82) is 0 Å². The van der Waals surface area contributed by atoms with Gasteiger partial charge in [-0.25, -0.2) is 0 Å². The first-order chi connectivity index (χ1) is 17.4. The van der Waals surface area contributed by atoms with Crippen LogP contribution in [0.25, 0.3) is 0 Å². The number of nitrogens with zero attached hydrogens (tertiary/aromatic N) is 2. The molecule has 2 saturated heterocycles. The number of morpholine rings is 1. The van der Waals surface area contributed by atoms with E-state index in [-0.39, 0.29) is 69.9 Å². The lowest BCUT2D eigenvalue weighted by atomic mass is 9.68. The molecule has 3 amide bonds. The van der Waals surface area contributed by atoms with Gasteiger partial charge in [0.25, 0.3) is 0 Å². The van der Waals surface area contributed by atoms with Crippen LogP contribution in [0.1, 0.15) is 22.8 Å². The molecule has 36 heavy (non-hydrogen) atoms. The Balaban J connectivity index is 1.23. The van der Waals surface area contributed by atoms with Gasteiger partial charge < -0.3 is 14.6 Å². The van der Waals surface area contributed by atoms with Crippen LogP contribution in [0.5, 0.6) is 0 Å². The molecule has 1 N–H and O–H groups in total. The minimum Gasteiger partial charge on any atom is -0.378 e. The first kappa shape index (κ1) is 23.2. The molecule has 1 aromatic carbocycles. The minimum absolute atomic E-state index is 0.00409. The molecule has 0 radical (unpaired) electrons. The van der Waals surface area contributed by atoms with Crippen LogP contribution in [0.15, 0.2) is 38.6 Å². The van der Waals surface area contributed by atoms with Crippen molar-refractivity contribution in [2.45, 2.75) is 22.6 Å². The third-order valence-electron chi connectivity index (χ3n) is 8.68. The van der Waals surface area contributed by atoms with Crippen LogP contribution >= 0.6 is 39.0 Å². The summed E-state index contributed by atoms with van der Waals surface area (Å²) in [6, 6.07) is 8.18. The fraction of sp³-hybridized carbons (Fsp3) is 0.520. The number of nitrogens with one attached hydrogen (secondary N) is 1. The average molecular weight is 591 g/mol. The highest BCUT2D eigenvalue weighted by Crippen LogP contribution is 2.68. The number of rotatable bonds is 3. The summed E-state index contributed by atoms with van der Waals surface area (Å²) in [6.45, 7) is 1.76. The quantitative estimate of drug-likeness (QED) is 0.552. The molecule has 2 aromatic rings. The van der Waals surface area contributed by atoms with Gasteiger partial charge in [-0.2, -0.15) is 0 Å². The molecule has 11 heteroatoms. The van der Waals surface area contributed by atoms with Crippen molar-refractivity contribution < 1.29 is 19.1 Å². The summed E-state index contributed by atoms with van der Waals surface area (Å²) >= 11 is 6.53. The zero-order valence-electron chi connectivity index (χ0n) is 19.2. The highest BCUT2D eigenvalue weighted by molar-refractivity contribution is 9.10. The van der Waals surface area contributed by atoms with E-state index in [9.17, 15) is 19.2 Å². The Morgan fingerprint density at radius 1 is 1.11 bits per heavy atom. The zero-order valence-corrected chi connectivity index (χ0v) is 22.4. The van der Waals surface area contributed by atoms with Crippen molar-refractivity contribution in [1.82, 2.24) is 14.8 Å². The van der Waals surface area contributed by atoms with Crippen LogP contribution in [-0.2, 0) is 19.1 Å². The third kappa shape index (κ3) is 3.35. The van der Waals surface area contributed by atoms with Crippen LogP contribution < -0.4 is 4.87 Å². The van der Waals surface area contributed by atoms with Gasteiger partial charge in [0.2, 0.25) is 17.7 Å². The molecule has 3 aliphatic heterocycles. The number of amides is 3. The van der Waals surface area contributed by atoms with E-state index < -0.39 is 0 Å². The van der Waals surface area contributed by atoms with Gasteiger partial charge in [-0.05, 0) is 41.9 Å². The van der Waals surface area contributed by atoms with E-state index in [1.54, 1.807) is 16.7 Å². The Bertz CT molecular complexity index is 1340. The Kier molecular flexibility index (Phi) is 5.50. The number of ether oxygens (including phenoxy) is 1. The number of carbonyl (C=O) groups is 3. The predicted molar refractivity (Wildman–Crippen MR) is 137 cm³/mol. The molecule has 4 heterocycles. The molecule has 188 valence electrons. The standard InChI is InChI=1S/C25H24BrN3O5S2/c26-12-3-1-2-11(8-12)16-17-13-9-14(20(17)35-22-21(16)36-25(33)27-22)19-18(13)23(31)29(24(19)32)10-15(30)28-4-6-34-7-5-28/h1-3,8,13-14,16-20H,4-7,9-10H2,(H,27,33)/t13?,14?,16-,17?,18?,19?,20?/m1/s1. The number of hydrogen-bond acceptors (Lipinski definition) is 7. The molecular weight excluding hydrogens is 566 g/mol. The number of halogens is 1. The van der Waals surface area contributed by atoms with Gasteiger partial charge in [0.05, 0.1) is 30.1 Å². The predicted octanol–water partition coefficient (Wildman–Crippen LogP) is 2.53. The Morgan fingerprint density at radius 2 is 1.86 bits per heavy atom. The Hall–Kier alpha value is -1.95. The SMILES string of the molecule is O=C(CN1C(=O)C2C3CC(C2C1=O)C1C3Sc2[nH]c(=O)sc2[C@@H]1c1cccc(Br)c1)N1CCOCC1. The monoisotopic (exact) mass is 589 g/mol. The van der Waals surface area contributed by atoms with Crippen molar-refractivity contribution in [3.8, 4) is 0 Å². The molecule has 2 aliphatic carbocycles. The second-order valence-corrected chi connectivity index (χ2v) is 13.4. The number of hydrogen-bond donors (Lipinski definition) is 1. The van der Waals surface area contributed by atoms with Gasteiger partial charge in [-0.15, -0.1) is 11.8 Å². The summed E-state index contributed by atoms with van der Waals surface area (Å²) in [7, 11) is 0. The van der Waals surface area contributed by atoms with E-state index in [1.807, 2.05) is 12.1 Å². The molecule has 1 aromatic heterocycles. The Morgan fingerprint density at radius 3 is 2.61 bits per heavy atom. The van der Waals surface area contributed by atoms with E-state index in [2.05, 4.69) is 33.0 Å². The topological polar surface area (TPSA) is 99.8 Å². The number of thioether (sulfide) groups is 1. The average Bonchev–Trinajstić information content (AvgIpc) is 3.60. The van der Waals surface area contributed by atoms with E-state index in [1.165, 1.54) is 16.2 Å². The van der Waals surface area contributed by atoms with E-state index in [4.69, 9.17) is 4.74 Å². The third-order valence-corrected chi connectivity index (χ3v) is 11.8. The summed E-state index contributed by atoms with van der Waals surface area (Å²) in [5.41, 5.74) is 1.12. The van der Waals surface area contributed by atoms with Crippen molar-refractivity contribution in [3.05, 3.63) is 48.8 Å². The van der Waals surface area contributed by atoms with Crippen molar-refractivity contribution >= 4 is 56.8 Å². The highest BCUT2D eigenvalue weighted by Gasteiger charge is 2.69. The molecule has 6 unspecified atom stereocenters. The molecule has 2 saturated carbocycles. The fourth-order valence-electron chi connectivity index (χ4n) is 7.36. The first-order valence-electron chi connectivity index (χ1n) is 12.3. The fourth-order valence-corrected chi connectivity index (χ4v) is 10.7. The number of thiazole rings is 1. The number of aromatic nitrogens is 1. The van der Waals surface area contributed by atoms with Gasteiger partial charge in [0.1, 0.15) is 6.54 Å². The second kappa shape index (κ2) is 8.54. The number of likely N-dealkylation sites (tertiary alicyclic amines) is 1. The largest absolute Gasteiger partial charge is 0.378 e. The summed E-state index contributed by atoms with van der Waals surface area (Å²) in [5.74, 6) is -1.07. The molecule has 2 bridgehead atoms. The summed E-state index contributed by atoms with van der Waals surface area (Å²) in [4.78, 5) is 59.4. The lowest BCUT2D eigenvalue weighted by molar-refractivity contribution is -0.148. The van der Waals surface area contributed by atoms with Gasteiger partial charge in [0.15, 0.2) is 0 Å². The van der Waals surface area contributed by atoms with Crippen LogP contribution in [-0.4, -0.2) is 70.6 Å². The van der Waals surface area contributed by atoms with Gasteiger partial charge in [-0.3, -0.25) is 24.1 Å². The Labute approximate surface area is 223 Å². The van der Waals surface area contributed by atoms with E-state index in [0.29, 0.717) is 26.3 Å². The van der Waals surface area contributed by atoms with Gasteiger partial charge in [-0.1, -0.05) is 39.4 Å². The highest BCUT2D eigenvalue weighted by atomic mass is 79.9. The van der Waals surface area contributed by atoms with Gasteiger partial charge in [0, 0.05) is 33.6 Å². The molecule has 4 fully saturated rings. The number of aromatic amines is 1. The maximum atomic E-state index is 13.7.